The molecule has 2 aromatic rings. The number of aliphatic hydroxyl groups is 1. The molecular weight excluding hydrogens is 322 g/mol. The number of rotatable bonds is 5. The maximum absolute atomic E-state index is 12.2. The van der Waals surface area contributed by atoms with E-state index in [1.807, 2.05) is 30.3 Å². The number of aromatic nitrogens is 3. The predicted molar refractivity (Wildman–Crippen MR) is 91.8 cm³/mol. The summed E-state index contributed by atoms with van der Waals surface area (Å²) in [7, 11) is 0. The van der Waals surface area contributed by atoms with Gasteiger partial charge in [0.15, 0.2) is 18.0 Å². The van der Waals surface area contributed by atoms with Crippen molar-refractivity contribution in [1.82, 2.24) is 15.0 Å². The molecule has 1 heterocycles. The van der Waals surface area contributed by atoms with Gasteiger partial charge < -0.3 is 20.9 Å². The van der Waals surface area contributed by atoms with Crippen LogP contribution in [-0.2, 0) is 16.1 Å². The van der Waals surface area contributed by atoms with Crippen molar-refractivity contribution in [3.63, 3.8) is 0 Å². The lowest BCUT2D eigenvalue weighted by molar-refractivity contribution is -0.170. The Morgan fingerprint density at radius 2 is 1.88 bits per heavy atom. The lowest BCUT2D eigenvalue weighted by Crippen LogP contribution is -2.41. The topological polar surface area (TPSA) is 123 Å². The molecule has 0 atom stereocenters. The first-order valence-corrected chi connectivity index (χ1v) is 8.27. The summed E-state index contributed by atoms with van der Waals surface area (Å²) < 4.78 is 5.21. The van der Waals surface area contributed by atoms with Crippen LogP contribution in [0.15, 0.2) is 30.3 Å². The second kappa shape index (κ2) is 7.43. The van der Waals surface area contributed by atoms with Gasteiger partial charge in [-0.3, -0.25) is 0 Å². The van der Waals surface area contributed by atoms with Crippen LogP contribution in [-0.4, -0.2) is 31.6 Å². The highest BCUT2D eigenvalue weighted by Gasteiger charge is 2.38. The van der Waals surface area contributed by atoms with Gasteiger partial charge in [-0.05, 0) is 37.8 Å². The highest BCUT2D eigenvalue weighted by molar-refractivity contribution is 5.79. The summed E-state index contributed by atoms with van der Waals surface area (Å²) in [6.07, 6.45) is 3.50. The molecular formula is C17H21N5O3. The Labute approximate surface area is 145 Å². The fraction of sp³-hybridized carbons (Fsp3) is 0.412. The van der Waals surface area contributed by atoms with Gasteiger partial charge in [-0.1, -0.05) is 24.6 Å². The van der Waals surface area contributed by atoms with Gasteiger partial charge in [0, 0.05) is 5.69 Å². The van der Waals surface area contributed by atoms with Gasteiger partial charge in [-0.25, -0.2) is 4.79 Å². The molecule has 1 fully saturated rings. The maximum atomic E-state index is 12.2. The fourth-order valence-corrected chi connectivity index (χ4v) is 2.81. The molecule has 0 spiro atoms. The standard InChI is InChI=1S/C17H21N5O3/c18-15-20-13(11-25-14(23)17(24)9-5-2-6-10-17)21-16(22-15)19-12-7-3-1-4-8-12/h1,3-4,7-8,24H,2,5-6,9-11H2,(H3,18,19,20,21,22). The van der Waals surface area contributed by atoms with Crippen LogP contribution in [0.5, 0.6) is 0 Å². The van der Waals surface area contributed by atoms with E-state index in [1.165, 1.54) is 0 Å². The molecule has 0 radical (unpaired) electrons. The molecule has 1 aliphatic rings. The second-order valence-electron chi connectivity index (χ2n) is 6.09. The third-order valence-electron chi connectivity index (χ3n) is 4.12. The average Bonchev–Trinajstić information content (AvgIpc) is 2.61. The number of hydrogen-bond donors (Lipinski definition) is 3. The number of benzene rings is 1. The van der Waals surface area contributed by atoms with Gasteiger partial charge in [0.2, 0.25) is 11.9 Å². The van der Waals surface area contributed by atoms with Crippen LogP contribution in [0.4, 0.5) is 17.6 Å². The van der Waals surface area contributed by atoms with Crippen molar-refractivity contribution in [1.29, 1.82) is 0 Å². The van der Waals surface area contributed by atoms with Crippen LogP contribution >= 0.6 is 0 Å². The highest BCUT2D eigenvalue weighted by atomic mass is 16.5. The molecule has 1 saturated carbocycles. The van der Waals surface area contributed by atoms with Crippen molar-refractivity contribution in [3.8, 4) is 0 Å². The van der Waals surface area contributed by atoms with Gasteiger partial charge in [-0.2, -0.15) is 15.0 Å². The van der Waals surface area contributed by atoms with E-state index in [-0.39, 0.29) is 24.3 Å². The third kappa shape index (κ3) is 4.42. The molecule has 0 saturated heterocycles. The molecule has 0 amide bonds. The van der Waals surface area contributed by atoms with E-state index < -0.39 is 11.6 Å². The van der Waals surface area contributed by atoms with E-state index >= 15 is 0 Å². The Morgan fingerprint density at radius 3 is 2.60 bits per heavy atom. The molecule has 1 aromatic carbocycles. The van der Waals surface area contributed by atoms with Gasteiger partial charge in [0.05, 0.1) is 0 Å². The first-order valence-electron chi connectivity index (χ1n) is 8.27. The van der Waals surface area contributed by atoms with Gasteiger partial charge in [0.1, 0.15) is 0 Å². The Bertz CT molecular complexity index is 732. The van der Waals surface area contributed by atoms with Gasteiger partial charge in [0.25, 0.3) is 0 Å². The SMILES string of the molecule is Nc1nc(COC(=O)C2(O)CCCCC2)nc(Nc2ccccc2)n1. The predicted octanol–water partition coefficient (Wildman–Crippen LogP) is 1.94. The molecule has 1 aromatic heterocycles. The normalized spacial score (nSPS) is 16.2. The van der Waals surface area contributed by atoms with Crippen LogP contribution in [0.2, 0.25) is 0 Å². The van der Waals surface area contributed by atoms with Crippen molar-refractivity contribution in [2.45, 2.75) is 44.3 Å². The van der Waals surface area contributed by atoms with E-state index in [9.17, 15) is 9.90 Å². The van der Waals surface area contributed by atoms with Crippen molar-refractivity contribution in [3.05, 3.63) is 36.2 Å². The number of carbonyl (C=O) groups is 1. The molecule has 25 heavy (non-hydrogen) atoms. The summed E-state index contributed by atoms with van der Waals surface area (Å²) in [5, 5.41) is 13.4. The molecule has 1 aliphatic carbocycles. The van der Waals surface area contributed by atoms with E-state index in [1.54, 1.807) is 0 Å². The first kappa shape index (κ1) is 17.1. The van der Waals surface area contributed by atoms with Crippen LogP contribution in [0, 0.1) is 0 Å². The van der Waals surface area contributed by atoms with E-state index in [0.29, 0.717) is 12.8 Å². The molecule has 8 nitrogen and oxygen atoms in total. The zero-order valence-electron chi connectivity index (χ0n) is 13.8. The lowest BCUT2D eigenvalue weighted by atomic mass is 9.85. The minimum Gasteiger partial charge on any atom is -0.455 e. The Hall–Kier alpha value is -2.74. The molecule has 0 bridgehead atoms. The number of esters is 1. The largest absolute Gasteiger partial charge is 0.455 e. The van der Waals surface area contributed by atoms with Gasteiger partial charge >= 0.3 is 5.97 Å². The van der Waals surface area contributed by atoms with E-state index in [0.717, 1.165) is 24.9 Å². The summed E-state index contributed by atoms with van der Waals surface area (Å²) in [6.45, 7) is -0.169. The summed E-state index contributed by atoms with van der Waals surface area (Å²) in [5.74, 6) is -0.126. The minimum absolute atomic E-state index is 0.0239. The van der Waals surface area contributed by atoms with E-state index in [2.05, 4.69) is 20.3 Å². The number of nitrogens with one attached hydrogen (secondary N) is 1. The summed E-state index contributed by atoms with van der Waals surface area (Å²) in [6, 6.07) is 9.37. The Balaban J connectivity index is 1.65. The molecule has 0 unspecified atom stereocenters. The average molecular weight is 343 g/mol. The van der Waals surface area contributed by atoms with Crippen LogP contribution < -0.4 is 11.1 Å². The van der Waals surface area contributed by atoms with Gasteiger partial charge in [-0.15, -0.1) is 0 Å². The highest BCUT2D eigenvalue weighted by Crippen LogP contribution is 2.29. The monoisotopic (exact) mass is 343 g/mol. The van der Waals surface area contributed by atoms with Crippen LogP contribution in [0.3, 0.4) is 0 Å². The minimum atomic E-state index is -1.40. The van der Waals surface area contributed by atoms with Crippen molar-refractivity contribution in [2.24, 2.45) is 0 Å². The molecule has 3 rings (SSSR count). The zero-order valence-corrected chi connectivity index (χ0v) is 13.8. The molecule has 8 heteroatoms. The molecule has 132 valence electrons. The molecule has 0 aliphatic heterocycles. The maximum Gasteiger partial charge on any atom is 0.338 e. The zero-order chi connectivity index (χ0) is 17.7. The number of nitrogen functional groups attached to an aromatic ring is 1. The fourth-order valence-electron chi connectivity index (χ4n) is 2.81. The number of para-hydroxylation sites is 1. The van der Waals surface area contributed by atoms with E-state index in [4.69, 9.17) is 10.5 Å². The quantitative estimate of drug-likeness (QED) is 0.704. The Morgan fingerprint density at radius 1 is 1.16 bits per heavy atom. The number of ether oxygens (including phenoxy) is 1. The summed E-state index contributed by atoms with van der Waals surface area (Å²) in [4.78, 5) is 24.3. The molecule has 4 N–H and O–H groups in total. The number of nitrogens with two attached hydrogens (primary N) is 1. The first-order chi connectivity index (χ1) is 12.0. The van der Waals surface area contributed by atoms with Crippen LogP contribution in [0.25, 0.3) is 0 Å². The van der Waals surface area contributed by atoms with Crippen molar-refractivity contribution >= 4 is 23.6 Å². The smallest absolute Gasteiger partial charge is 0.338 e. The summed E-state index contributed by atoms with van der Waals surface area (Å²) >= 11 is 0. The van der Waals surface area contributed by atoms with Crippen molar-refractivity contribution < 1.29 is 14.6 Å². The Kier molecular flexibility index (Phi) is 5.08. The van der Waals surface area contributed by atoms with Crippen molar-refractivity contribution in [2.75, 3.05) is 11.1 Å². The van der Waals surface area contributed by atoms with Crippen LogP contribution in [0.1, 0.15) is 37.9 Å². The second-order valence-corrected chi connectivity index (χ2v) is 6.09. The number of hydrogen-bond acceptors (Lipinski definition) is 8. The summed E-state index contributed by atoms with van der Waals surface area (Å²) in [5.41, 5.74) is 5.09. The number of anilines is 3. The lowest BCUT2D eigenvalue weighted by Gasteiger charge is -2.29. The number of nitrogens with zero attached hydrogens (tertiary/aromatic N) is 3. The third-order valence-corrected chi connectivity index (χ3v) is 4.12. The number of carbonyl (C=O) groups excluding carboxylic acids is 1.